The Morgan fingerprint density at radius 1 is 1.11 bits per heavy atom. The first-order valence-corrected chi connectivity index (χ1v) is 7.16. The van der Waals surface area contributed by atoms with E-state index in [-0.39, 0.29) is 21.1 Å². The molecule has 0 saturated carbocycles. The van der Waals surface area contributed by atoms with Crippen LogP contribution in [-0.2, 0) is 0 Å². The van der Waals surface area contributed by atoms with Gasteiger partial charge in [-0.1, -0.05) is 0 Å². The summed E-state index contributed by atoms with van der Waals surface area (Å²) in [6, 6.07) is 0. The summed E-state index contributed by atoms with van der Waals surface area (Å²) >= 11 is -0.128. The van der Waals surface area contributed by atoms with Crippen LogP contribution in [0.5, 0.6) is 0 Å². The van der Waals surface area contributed by atoms with Crippen LogP contribution in [0.2, 0.25) is 8.87 Å². The van der Waals surface area contributed by atoms with Crippen molar-refractivity contribution in [3.05, 3.63) is 24.3 Å². The molecule has 1 heteroatoms. The maximum atomic E-state index is 3.86. The van der Waals surface area contributed by atoms with Crippen molar-refractivity contribution >= 4 is 21.1 Å². The normalized spacial score (nSPS) is 8.22. The monoisotopic (exact) mass is 230 g/mol. The Balaban J connectivity index is 3.10. The molecule has 0 aliphatic carbocycles. The molecule has 48 valence electrons. The topological polar surface area (TPSA) is 0 Å². The quantitative estimate of drug-likeness (QED) is 0.513. The van der Waals surface area contributed by atoms with E-state index in [0.29, 0.717) is 0 Å². The molecule has 0 rings (SSSR count). The predicted molar refractivity (Wildman–Crippen MR) is 45.0 cm³/mol. The second-order valence-corrected chi connectivity index (χ2v) is 5.96. The molecule has 0 radical (unpaired) electrons. The molecule has 0 aliphatic heterocycles. The van der Waals surface area contributed by atoms with Gasteiger partial charge in [0.2, 0.25) is 0 Å². The third kappa shape index (κ3) is 8.28. The molecule has 0 atom stereocenters. The predicted octanol–water partition coefficient (Wildman–Crippen LogP) is 2.68. The van der Waals surface area contributed by atoms with Crippen molar-refractivity contribution in [3.8, 4) is 0 Å². The van der Waals surface area contributed by atoms with Crippen LogP contribution in [-0.4, -0.2) is 21.1 Å². The van der Waals surface area contributed by atoms with Gasteiger partial charge in [0.1, 0.15) is 0 Å². The molecule has 0 aromatic heterocycles. The molecule has 0 amide bonds. The van der Waals surface area contributed by atoms with Gasteiger partial charge in [-0.3, -0.25) is 0 Å². The van der Waals surface area contributed by atoms with Gasteiger partial charge in [0.25, 0.3) is 0 Å². The van der Waals surface area contributed by atoms with E-state index in [4.69, 9.17) is 0 Å². The van der Waals surface area contributed by atoms with Crippen LogP contribution in [0, 0.1) is 0 Å². The van der Waals surface area contributed by atoms with Gasteiger partial charge in [0.05, 0.1) is 0 Å². The van der Waals surface area contributed by atoms with Gasteiger partial charge in [0.15, 0.2) is 0 Å². The number of hydrogen-bond acceptors (Lipinski definition) is 0. The average molecular weight is 229 g/mol. The van der Waals surface area contributed by atoms with Crippen molar-refractivity contribution in [2.24, 2.45) is 0 Å². The molecule has 0 nitrogen and oxygen atoms in total. The first kappa shape index (κ1) is 9.28. The zero-order chi connectivity index (χ0) is 7.28. The van der Waals surface area contributed by atoms with Crippen LogP contribution in [0.1, 0.15) is 13.8 Å². The number of rotatable bonds is 4. The van der Waals surface area contributed by atoms with Gasteiger partial charge in [-0.25, -0.2) is 0 Å². The van der Waals surface area contributed by atoms with Gasteiger partial charge >= 0.3 is 68.2 Å². The van der Waals surface area contributed by atoms with E-state index in [1.54, 1.807) is 0 Å². The Labute approximate surface area is 68.3 Å². The standard InChI is InChI=1S/2C4H7.Sn/c2*1-4(2)3;/h2*1-2H2,3H3;/q;;+2. The van der Waals surface area contributed by atoms with Crippen molar-refractivity contribution in [3.63, 3.8) is 0 Å². The molecule has 0 aromatic carbocycles. The fourth-order valence-corrected chi connectivity index (χ4v) is 3.28. The van der Waals surface area contributed by atoms with Gasteiger partial charge in [0, 0.05) is 0 Å². The fraction of sp³-hybridized carbons (Fsp3) is 0.500. The number of allylic oxidation sites excluding steroid dienone is 2. The van der Waals surface area contributed by atoms with Crippen molar-refractivity contribution in [2.75, 3.05) is 0 Å². The minimum atomic E-state index is -0.128. The van der Waals surface area contributed by atoms with Gasteiger partial charge < -0.3 is 0 Å². The molecule has 0 fully saturated rings. The van der Waals surface area contributed by atoms with E-state index in [2.05, 4.69) is 27.0 Å². The zero-order valence-corrected chi connectivity index (χ0v) is 9.18. The van der Waals surface area contributed by atoms with Gasteiger partial charge in [-0.15, -0.1) is 0 Å². The summed E-state index contributed by atoms with van der Waals surface area (Å²) in [5.41, 5.74) is 2.70. The first-order valence-electron chi connectivity index (χ1n) is 3.12. The summed E-state index contributed by atoms with van der Waals surface area (Å²) in [5.74, 6) is 0. The zero-order valence-electron chi connectivity index (χ0n) is 6.33. The molecular weight excluding hydrogens is 215 g/mol. The molecule has 0 N–H and O–H groups in total. The summed E-state index contributed by atoms with van der Waals surface area (Å²) in [6.45, 7) is 12.0. The van der Waals surface area contributed by atoms with E-state index < -0.39 is 0 Å². The Morgan fingerprint density at radius 3 is 1.67 bits per heavy atom. The van der Waals surface area contributed by atoms with Crippen LogP contribution in [0.4, 0.5) is 0 Å². The van der Waals surface area contributed by atoms with E-state index in [0.717, 1.165) is 0 Å². The van der Waals surface area contributed by atoms with E-state index in [1.165, 1.54) is 20.0 Å². The molecule has 0 spiro atoms. The number of hydrogen-bond donors (Lipinski definition) is 0. The molecular formula is C8H14Sn+2. The second-order valence-electron chi connectivity index (χ2n) is 2.52. The summed E-state index contributed by atoms with van der Waals surface area (Å²) in [7, 11) is 0. The van der Waals surface area contributed by atoms with Crippen LogP contribution in [0.3, 0.4) is 0 Å². The molecule has 0 heterocycles. The van der Waals surface area contributed by atoms with E-state index >= 15 is 0 Å². The van der Waals surface area contributed by atoms with E-state index in [1.807, 2.05) is 0 Å². The van der Waals surface area contributed by atoms with Crippen molar-refractivity contribution < 1.29 is 0 Å². The van der Waals surface area contributed by atoms with Crippen molar-refractivity contribution in [1.82, 2.24) is 0 Å². The Kier molecular flexibility index (Phi) is 5.25. The summed E-state index contributed by atoms with van der Waals surface area (Å²) in [6.07, 6.45) is 0. The van der Waals surface area contributed by atoms with Crippen LogP contribution in [0.25, 0.3) is 0 Å². The van der Waals surface area contributed by atoms with Gasteiger partial charge in [-0.05, 0) is 0 Å². The fourth-order valence-electron chi connectivity index (χ4n) is 0.489. The SMILES string of the molecule is C=C(C)[CH2][Sn+2][CH2]C(=C)C. The minimum absolute atomic E-state index is 0.128. The summed E-state index contributed by atoms with van der Waals surface area (Å²) in [5, 5.41) is 0. The van der Waals surface area contributed by atoms with E-state index in [9.17, 15) is 0 Å². The third-order valence-electron chi connectivity index (χ3n) is 0.854. The van der Waals surface area contributed by atoms with Gasteiger partial charge in [-0.2, -0.15) is 0 Å². The van der Waals surface area contributed by atoms with Crippen LogP contribution >= 0.6 is 0 Å². The molecule has 0 unspecified atom stereocenters. The Morgan fingerprint density at radius 2 is 1.44 bits per heavy atom. The second kappa shape index (κ2) is 5.09. The summed E-state index contributed by atoms with van der Waals surface area (Å²) < 4.78 is 2.63. The summed E-state index contributed by atoms with van der Waals surface area (Å²) in [4.78, 5) is 0. The first-order chi connectivity index (χ1) is 4.13. The Hall–Kier alpha value is 0.279. The van der Waals surface area contributed by atoms with Crippen molar-refractivity contribution in [2.45, 2.75) is 22.7 Å². The molecule has 9 heavy (non-hydrogen) atoms. The van der Waals surface area contributed by atoms with Crippen molar-refractivity contribution in [1.29, 1.82) is 0 Å². The van der Waals surface area contributed by atoms with Crippen LogP contribution in [0.15, 0.2) is 24.3 Å². The maximum absolute atomic E-state index is 3.86. The average Bonchev–Trinajstić information content (AvgIpc) is 1.63. The Bertz CT molecular complexity index is 99.7. The molecule has 0 aliphatic rings. The van der Waals surface area contributed by atoms with Crippen LogP contribution < -0.4 is 0 Å². The molecule has 0 bridgehead atoms. The molecule has 0 aromatic rings. The molecule has 0 saturated heterocycles. The third-order valence-corrected chi connectivity index (χ3v) is 5.73.